The zero-order valence-corrected chi connectivity index (χ0v) is 16.5. The van der Waals surface area contributed by atoms with Crippen molar-refractivity contribution in [1.82, 2.24) is 14.1 Å². The summed E-state index contributed by atoms with van der Waals surface area (Å²) in [6, 6.07) is 5.53. The van der Waals surface area contributed by atoms with Gasteiger partial charge in [0.05, 0.1) is 0 Å². The molecule has 0 atom stereocenters. The standard InChI is InChI=1S/C18H19BrN4O3/c1-18(2,3)26-17(25)23-8-11-5-6-13(7-12(11)9-23)20-15-16(24)22(4)10-14(19)21-15/h5-10H,1-4H3,(H,20,21). The third-order valence-corrected chi connectivity index (χ3v) is 3.93. The van der Waals surface area contributed by atoms with Crippen LogP contribution in [-0.2, 0) is 11.8 Å². The van der Waals surface area contributed by atoms with Crippen molar-refractivity contribution in [2.45, 2.75) is 26.4 Å². The molecule has 0 amide bonds. The number of carbonyl (C=O) groups is 1. The van der Waals surface area contributed by atoms with Gasteiger partial charge < -0.3 is 14.6 Å². The van der Waals surface area contributed by atoms with E-state index < -0.39 is 11.7 Å². The quantitative estimate of drug-likeness (QED) is 0.679. The van der Waals surface area contributed by atoms with Crippen molar-refractivity contribution in [3.8, 4) is 0 Å². The first kappa shape index (κ1) is 18.2. The van der Waals surface area contributed by atoms with Gasteiger partial charge in [0.2, 0.25) is 0 Å². The maximum atomic E-state index is 12.2. The lowest BCUT2D eigenvalue weighted by Crippen LogP contribution is -2.26. The Kier molecular flexibility index (Phi) is 4.62. The van der Waals surface area contributed by atoms with Crippen LogP contribution >= 0.6 is 15.9 Å². The van der Waals surface area contributed by atoms with Crippen LogP contribution in [0.5, 0.6) is 0 Å². The summed E-state index contributed by atoms with van der Waals surface area (Å²) in [5.74, 6) is 0.216. The summed E-state index contributed by atoms with van der Waals surface area (Å²) in [4.78, 5) is 28.5. The highest BCUT2D eigenvalue weighted by atomic mass is 79.9. The Morgan fingerprint density at radius 1 is 1.19 bits per heavy atom. The highest BCUT2D eigenvalue weighted by Gasteiger charge is 2.18. The van der Waals surface area contributed by atoms with Crippen LogP contribution in [0.25, 0.3) is 10.8 Å². The third-order valence-electron chi connectivity index (χ3n) is 3.55. The van der Waals surface area contributed by atoms with Gasteiger partial charge >= 0.3 is 6.09 Å². The van der Waals surface area contributed by atoms with Crippen LogP contribution in [0.15, 0.2) is 46.2 Å². The van der Waals surface area contributed by atoms with Gasteiger partial charge in [-0.05, 0) is 48.8 Å². The Labute approximate surface area is 158 Å². The summed E-state index contributed by atoms with van der Waals surface area (Å²) in [7, 11) is 1.66. The number of halogens is 1. The van der Waals surface area contributed by atoms with E-state index in [0.717, 1.165) is 10.8 Å². The Bertz CT molecular complexity index is 1050. The SMILES string of the molecule is Cn1cc(Br)nc(Nc2ccc3cn(C(=O)OC(C)(C)C)cc3c2)c1=O. The minimum Gasteiger partial charge on any atom is -0.443 e. The summed E-state index contributed by atoms with van der Waals surface area (Å²) in [6.07, 6.45) is 4.56. The molecular weight excluding hydrogens is 400 g/mol. The number of hydrogen-bond acceptors (Lipinski definition) is 5. The van der Waals surface area contributed by atoms with Gasteiger partial charge in [-0.15, -0.1) is 0 Å². The van der Waals surface area contributed by atoms with Crippen LogP contribution in [0.1, 0.15) is 20.8 Å². The van der Waals surface area contributed by atoms with Crippen LogP contribution in [0.2, 0.25) is 0 Å². The van der Waals surface area contributed by atoms with E-state index in [-0.39, 0.29) is 11.4 Å². The van der Waals surface area contributed by atoms with Crippen molar-refractivity contribution < 1.29 is 9.53 Å². The molecule has 0 radical (unpaired) electrons. The molecule has 3 aromatic rings. The lowest BCUT2D eigenvalue weighted by molar-refractivity contribution is 0.0538. The fourth-order valence-corrected chi connectivity index (χ4v) is 2.91. The predicted octanol–water partition coefficient (Wildman–Crippen LogP) is 4.02. The van der Waals surface area contributed by atoms with E-state index in [1.165, 1.54) is 9.13 Å². The number of ether oxygens (including phenoxy) is 1. The highest BCUT2D eigenvalue weighted by Crippen LogP contribution is 2.23. The van der Waals surface area contributed by atoms with Crippen molar-refractivity contribution in [2.75, 3.05) is 5.32 Å². The molecule has 0 spiro atoms. The number of anilines is 2. The lowest BCUT2D eigenvalue weighted by atomic mass is 10.2. The zero-order chi connectivity index (χ0) is 19.1. The number of carbonyl (C=O) groups excluding carboxylic acids is 1. The van der Waals surface area contributed by atoms with E-state index >= 15 is 0 Å². The summed E-state index contributed by atoms with van der Waals surface area (Å²) in [5, 5.41) is 4.75. The number of aryl methyl sites for hydroxylation is 1. The Hall–Kier alpha value is -2.61. The van der Waals surface area contributed by atoms with Gasteiger partial charge in [0.15, 0.2) is 5.82 Å². The van der Waals surface area contributed by atoms with E-state index in [9.17, 15) is 9.59 Å². The first-order chi connectivity index (χ1) is 12.1. The fraction of sp³-hybridized carbons (Fsp3) is 0.278. The summed E-state index contributed by atoms with van der Waals surface area (Å²) in [6.45, 7) is 5.46. The second-order valence-electron chi connectivity index (χ2n) is 6.94. The molecule has 2 aromatic heterocycles. The van der Waals surface area contributed by atoms with Gasteiger partial charge in [-0.3, -0.25) is 9.36 Å². The van der Waals surface area contributed by atoms with Crippen LogP contribution in [0.3, 0.4) is 0 Å². The normalized spacial score (nSPS) is 11.6. The number of fused-ring (bicyclic) bond motifs is 1. The highest BCUT2D eigenvalue weighted by molar-refractivity contribution is 9.10. The van der Waals surface area contributed by atoms with Crippen molar-refractivity contribution in [1.29, 1.82) is 0 Å². The monoisotopic (exact) mass is 418 g/mol. The molecule has 8 heteroatoms. The second-order valence-corrected chi connectivity index (χ2v) is 7.76. The maximum absolute atomic E-state index is 12.2. The topological polar surface area (TPSA) is 78.2 Å². The average molecular weight is 419 g/mol. The van der Waals surface area contributed by atoms with Crippen molar-refractivity contribution in [3.05, 3.63) is 51.7 Å². The molecular formula is C18H19BrN4O3. The molecule has 0 fully saturated rings. The molecule has 26 heavy (non-hydrogen) atoms. The molecule has 0 aliphatic rings. The summed E-state index contributed by atoms with van der Waals surface area (Å²) < 4.78 is 8.78. The Morgan fingerprint density at radius 2 is 1.88 bits per heavy atom. The molecule has 0 unspecified atom stereocenters. The van der Waals surface area contributed by atoms with Gasteiger partial charge in [-0.2, -0.15) is 0 Å². The number of rotatable bonds is 2. The first-order valence-corrected chi connectivity index (χ1v) is 8.77. The van der Waals surface area contributed by atoms with E-state index in [0.29, 0.717) is 10.3 Å². The molecule has 0 saturated heterocycles. The van der Waals surface area contributed by atoms with Crippen molar-refractivity contribution >= 4 is 44.3 Å². The average Bonchev–Trinajstić information content (AvgIpc) is 2.94. The van der Waals surface area contributed by atoms with E-state index in [4.69, 9.17) is 4.74 Å². The van der Waals surface area contributed by atoms with E-state index in [2.05, 4.69) is 26.2 Å². The second kappa shape index (κ2) is 6.60. The fourth-order valence-electron chi connectivity index (χ4n) is 2.43. The first-order valence-electron chi connectivity index (χ1n) is 7.98. The number of hydrogen-bond donors (Lipinski definition) is 1. The number of aromatic nitrogens is 3. The molecule has 7 nitrogen and oxygen atoms in total. The van der Waals surface area contributed by atoms with Gasteiger partial charge in [0, 0.05) is 42.1 Å². The molecule has 136 valence electrons. The molecule has 0 bridgehead atoms. The number of nitrogens with one attached hydrogen (secondary N) is 1. The summed E-state index contributed by atoms with van der Waals surface area (Å²) >= 11 is 3.28. The Balaban J connectivity index is 1.91. The molecule has 3 rings (SSSR count). The lowest BCUT2D eigenvalue weighted by Gasteiger charge is -2.19. The molecule has 0 aliphatic heterocycles. The van der Waals surface area contributed by atoms with Crippen LogP contribution in [0, 0.1) is 0 Å². The van der Waals surface area contributed by atoms with Crippen molar-refractivity contribution in [3.63, 3.8) is 0 Å². The van der Waals surface area contributed by atoms with Gasteiger partial charge in [-0.25, -0.2) is 9.78 Å². The number of benzene rings is 1. The van der Waals surface area contributed by atoms with Crippen molar-refractivity contribution in [2.24, 2.45) is 7.05 Å². The van der Waals surface area contributed by atoms with Gasteiger partial charge in [-0.1, -0.05) is 6.07 Å². The minimum atomic E-state index is -0.563. The number of nitrogens with zero attached hydrogens (tertiary/aromatic N) is 3. The molecule has 1 aromatic carbocycles. The van der Waals surface area contributed by atoms with Crippen LogP contribution in [-0.4, -0.2) is 25.8 Å². The molecule has 1 N–H and O–H groups in total. The maximum Gasteiger partial charge on any atom is 0.418 e. The molecule has 0 aliphatic carbocycles. The smallest absolute Gasteiger partial charge is 0.418 e. The largest absolute Gasteiger partial charge is 0.443 e. The summed E-state index contributed by atoms with van der Waals surface area (Å²) in [5.41, 5.74) is -0.103. The minimum absolute atomic E-state index is 0.216. The van der Waals surface area contributed by atoms with Crippen LogP contribution in [0.4, 0.5) is 16.3 Å². The van der Waals surface area contributed by atoms with E-state index in [1.807, 2.05) is 39.0 Å². The Morgan fingerprint density at radius 3 is 2.58 bits per heavy atom. The van der Waals surface area contributed by atoms with E-state index in [1.54, 1.807) is 25.6 Å². The third kappa shape index (κ3) is 3.96. The van der Waals surface area contributed by atoms with Gasteiger partial charge in [0.1, 0.15) is 10.2 Å². The molecule has 2 heterocycles. The van der Waals surface area contributed by atoms with Crippen LogP contribution < -0.4 is 10.9 Å². The molecule has 0 saturated carbocycles. The van der Waals surface area contributed by atoms with Gasteiger partial charge in [0.25, 0.3) is 5.56 Å². The zero-order valence-electron chi connectivity index (χ0n) is 14.9. The predicted molar refractivity (Wildman–Crippen MR) is 104 cm³/mol.